The Bertz CT molecular complexity index is 186. The highest BCUT2D eigenvalue weighted by Crippen LogP contribution is 2.37. The first-order valence-corrected chi connectivity index (χ1v) is 5.56. The molecule has 1 saturated carbocycles. The summed E-state index contributed by atoms with van der Waals surface area (Å²) in [7, 11) is 0. The maximum absolute atomic E-state index is 11.9. The number of carbonyl (C=O) groups excluding carboxylic acids is 1. The Hall–Kier alpha value is -0.410. The molecule has 1 aliphatic carbocycles. The molecule has 0 spiro atoms. The molecule has 0 saturated heterocycles. The second kappa shape index (κ2) is 5.47. The molecule has 1 aliphatic rings. The van der Waals surface area contributed by atoms with E-state index in [9.17, 15) is 4.79 Å². The predicted molar refractivity (Wildman–Crippen MR) is 56.1 cm³/mol. The SMILES string of the molecule is CCCOCC(=O)C1(CN)CCCC1. The number of carbonyl (C=O) groups is 1. The van der Waals surface area contributed by atoms with Crippen LogP contribution in [0.5, 0.6) is 0 Å². The van der Waals surface area contributed by atoms with E-state index in [0.717, 1.165) is 32.1 Å². The van der Waals surface area contributed by atoms with Crippen LogP contribution in [0.15, 0.2) is 0 Å². The van der Waals surface area contributed by atoms with Crippen LogP contribution in [0.25, 0.3) is 0 Å². The fourth-order valence-electron chi connectivity index (χ4n) is 2.11. The van der Waals surface area contributed by atoms with E-state index >= 15 is 0 Å². The molecule has 0 aliphatic heterocycles. The lowest BCUT2D eigenvalue weighted by atomic mass is 9.82. The topological polar surface area (TPSA) is 52.3 Å². The molecule has 14 heavy (non-hydrogen) atoms. The maximum atomic E-state index is 11.9. The molecule has 3 heteroatoms. The first-order chi connectivity index (χ1) is 6.75. The molecule has 3 nitrogen and oxygen atoms in total. The lowest BCUT2D eigenvalue weighted by Gasteiger charge is -2.25. The zero-order chi connectivity index (χ0) is 10.4. The summed E-state index contributed by atoms with van der Waals surface area (Å²) >= 11 is 0. The molecule has 82 valence electrons. The van der Waals surface area contributed by atoms with Crippen LogP contribution in [-0.2, 0) is 9.53 Å². The average molecular weight is 199 g/mol. The van der Waals surface area contributed by atoms with Gasteiger partial charge in [0.25, 0.3) is 0 Å². The molecule has 0 unspecified atom stereocenters. The number of nitrogens with two attached hydrogens (primary N) is 1. The van der Waals surface area contributed by atoms with Crippen molar-refractivity contribution in [3.05, 3.63) is 0 Å². The van der Waals surface area contributed by atoms with Gasteiger partial charge in [-0.05, 0) is 19.3 Å². The average Bonchev–Trinajstić information content (AvgIpc) is 2.67. The minimum Gasteiger partial charge on any atom is -0.374 e. The number of Topliss-reactive ketones (excluding diaryl/α,β-unsaturated/α-hetero) is 1. The van der Waals surface area contributed by atoms with E-state index in [4.69, 9.17) is 10.5 Å². The third-order valence-corrected chi connectivity index (χ3v) is 3.12. The summed E-state index contributed by atoms with van der Waals surface area (Å²) in [6.07, 6.45) is 5.14. The highest BCUT2D eigenvalue weighted by molar-refractivity contribution is 5.86. The van der Waals surface area contributed by atoms with Gasteiger partial charge in [0, 0.05) is 18.6 Å². The van der Waals surface area contributed by atoms with Gasteiger partial charge in [0.1, 0.15) is 6.61 Å². The zero-order valence-electron chi connectivity index (χ0n) is 9.05. The van der Waals surface area contributed by atoms with E-state index in [1.54, 1.807) is 0 Å². The van der Waals surface area contributed by atoms with E-state index in [2.05, 4.69) is 0 Å². The van der Waals surface area contributed by atoms with Crippen LogP contribution < -0.4 is 5.73 Å². The molecule has 1 fully saturated rings. The lowest BCUT2D eigenvalue weighted by molar-refractivity contribution is -0.132. The van der Waals surface area contributed by atoms with Gasteiger partial charge in [-0.25, -0.2) is 0 Å². The molecule has 0 amide bonds. The van der Waals surface area contributed by atoms with Gasteiger partial charge < -0.3 is 10.5 Å². The Morgan fingerprint density at radius 1 is 1.43 bits per heavy atom. The summed E-state index contributed by atoms with van der Waals surface area (Å²) in [6.45, 7) is 3.46. The molecule has 0 aromatic carbocycles. The third-order valence-electron chi connectivity index (χ3n) is 3.12. The Kier molecular flexibility index (Phi) is 4.55. The van der Waals surface area contributed by atoms with Gasteiger partial charge in [0.05, 0.1) is 0 Å². The summed E-state index contributed by atoms with van der Waals surface area (Å²) in [6, 6.07) is 0. The van der Waals surface area contributed by atoms with Gasteiger partial charge in [0.2, 0.25) is 0 Å². The second-order valence-electron chi connectivity index (χ2n) is 4.17. The maximum Gasteiger partial charge on any atom is 0.165 e. The number of ether oxygens (including phenoxy) is 1. The third kappa shape index (κ3) is 2.55. The first-order valence-electron chi connectivity index (χ1n) is 5.56. The van der Waals surface area contributed by atoms with E-state index < -0.39 is 0 Å². The molecule has 0 radical (unpaired) electrons. The minimum absolute atomic E-state index is 0.214. The number of hydrogen-bond acceptors (Lipinski definition) is 3. The van der Waals surface area contributed by atoms with Gasteiger partial charge in [-0.15, -0.1) is 0 Å². The zero-order valence-corrected chi connectivity index (χ0v) is 9.05. The van der Waals surface area contributed by atoms with Gasteiger partial charge in [-0.1, -0.05) is 19.8 Å². The largest absolute Gasteiger partial charge is 0.374 e. The Morgan fingerprint density at radius 2 is 2.07 bits per heavy atom. The van der Waals surface area contributed by atoms with Crippen molar-refractivity contribution in [3.63, 3.8) is 0 Å². The highest BCUT2D eigenvalue weighted by Gasteiger charge is 2.39. The molecular weight excluding hydrogens is 178 g/mol. The van der Waals surface area contributed by atoms with Crippen molar-refractivity contribution in [2.24, 2.45) is 11.1 Å². The summed E-state index contributed by atoms with van der Waals surface area (Å²) in [5, 5.41) is 0. The van der Waals surface area contributed by atoms with Gasteiger partial charge in [-0.3, -0.25) is 4.79 Å². The van der Waals surface area contributed by atoms with E-state index in [1.165, 1.54) is 0 Å². The van der Waals surface area contributed by atoms with E-state index in [0.29, 0.717) is 13.2 Å². The van der Waals surface area contributed by atoms with Crippen molar-refractivity contribution in [2.75, 3.05) is 19.8 Å². The summed E-state index contributed by atoms with van der Waals surface area (Å²) in [5.74, 6) is 0.214. The van der Waals surface area contributed by atoms with E-state index in [1.807, 2.05) is 6.92 Å². The Morgan fingerprint density at radius 3 is 2.57 bits per heavy atom. The molecular formula is C11H21NO2. The lowest BCUT2D eigenvalue weighted by Crippen LogP contribution is -2.38. The van der Waals surface area contributed by atoms with Gasteiger partial charge in [-0.2, -0.15) is 0 Å². The highest BCUT2D eigenvalue weighted by atomic mass is 16.5. The van der Waals surface area contributed by atoms with Crippen molar-refractivity contribution in [1.29, 1.82) is 0 Å². The molecule has 0 heterocycles. The molecule has 0 atom stereocenters. The fraction of sp³-hybridized carbons (Fsp3) is 0.909. The number of hydrogen-bond donors (Lipinski definition) is 1. The van der Waals surface area contributed by atoms with Crippen LogP contribution in [-0.4, -0.2) is 25.5 Å². The van der Waals surface area contributed by atoms with Crippen LogP contribution in [0.3, 0.4) is 0 Å². The first kappa shape index (κ1) is 11.7. The smallest absolute Gasteiger partial charge is 0.165 e. The monoisotopic (exact) mass is 199 g/mol. The van der Waals surface area contributed by atoms with E-state index in [-0.39, 0.29) is 17.8 Å². The van der Waals surface area contributed by atoms with Gasteiger partial charge >= 0.3 is 0 Å². The van der Waals surface area contributed by atoms with Crippen molar-refractivity contribution >= 4 is 5.78 Å². The quantitative estimate of drug-likeness (QED) is 0.659. The summed E-state index contributed by atoms with van der Waals surface area (Å²) in [4.78, 5) is 11.9. The van der Waals surface area contributed by atoms with Crippen LogP contribution in [0, 0.1) is 5.41 Å². The number of rotatable bonds is 6. The summed E-state index contributed by atoms with van der Waals surface area (Å²) in [5.41, 5.74) is 5.46. The van der Waals surface area contributed by atoms with Crippen molar-refractivity contribution < 1.29 is 9.53 Å². The summed E-state index contributed by atoms with van der Waals surface area (Å²) < 4.78 is 5.28. The van der Waals surface area contributed by atoms with Crippen molar-refractivity contribution in [1.82, 2.24) is 0 Å². The molecule has 1 rings (SSSR count). The standard InChI is InChI=1S/C11H21NO2/c1-2-7-14-8-10(13)11(9-12)5-3-4-6-11/h2-9,12H2,1H3. The second-order valence-corrected chi connectivity index (χ2v) is 4.17. The van der Waals surface area contributed by atoms with Crippen molar-refractivity contribution in [3.8, 4) is 0 Å². The minimum atomic E-state index is -0.242. The predicted octanol–water partition coefficient (Wildman–Crippen LogP) is 1.50. The Balaban J connectivity index is 2.40. The fourth-order valence-corrected chi connectivity index (χ4v) is 2.11. The molecule has 0 aromatic rings. The van der Waals surface area contributed by atoms with Crippen LogP contribution >= 0.6 is 0 Å². The molecule has 2 N–H and O–H groups in total. The van der Waals surface area contributed by atoms with Gasteiger partial charge in [0.15, 0.2) is 5.78 Å². The van der Waals surface area contributed by atoms with Crippen LogP contribution in [0.2, 0.25) is 0 Å². The molecule has 0 aromatic heterocycles. The van der Waals surface area contributed by atoms with Crippen LogP contribution in [0.4, 0.5) is 0 Å². The van der Waals surface area contributed by atoms with Crippen molar-refractivity contribution in [2.45, 2.75) is 39.0 Å². The number of ketones is 1. The van der Waals surface area contributed by atoms with Crippen LogP contribution in [0.1, 0.15) is 39.0 Å². The normalized spacial score (nSPS) is 19.9. The molecule has 0 bridgehead atoms. The Labute approximate surface area is 86.0 Å².